The summed E-state index contributed by atoms with van der Waals surface area (Å²) in [6, 6.07) is 19.4. The Morgan fingerprint density at radius 2 is 1.58 bits per heavy atom. The smallest absolute Gasteiger partial charge is 0.257 e. The van der Waals surface area contributed by atoms with E-state index in [-0.39, 0.29) is 17.9 Å². The number of carbonyl (C=O) groups is 2. The van der Waals surface area contributed by atoms with Crippen molar-refractivity contribution >= 4 is 11.8 Å². The second-order valence-corrected chi connectivity index (χ2v) is 8.59. The van der Waals surface area contributed by atoms with Gasteiger partial charge in [-0.15, -0.1) is 0 Å². The van der Waals surface area contributed by atoms with Crippen LogP contribution >= 0.6 is 0 Å². The number of ether oxygens (including phenoxy) is 1. The molecule has 0 radical (unpaired) electrons. The molecular weight excluding hydrogens is 414 g/mol. The summed E-state index contributed by atoms with van der Waals surface area (Å²) in [6.07, 6.45) is 5.56. The van der Waals surface area contributed by atoms with Crippen molar-refractivity contribution in [2.45, 2.75) is 31.9 Å². The van der Waals surface area contributed by atoms with Crippen molar-refractivity contribution in [1.82, 2.24) is 14.8 Å². The zero-order valence-corrected chi connectivity index (χ0v) is 18.5. The van der Waals surface area contributed by atoms with Gasteiger partial charge in [-0.1, -0.05) is 36.4 Å². The molecule has 6 nitrogen and oxygen atoms in total. The number of amides is 2. The zero-order valence-electron chi connectivity index (χ0n) is 18.5. The Hall–Kier alpha value is -3.67. The van der Waals surface area contributed by atoms with Crippen molar-refractivity contribution in [2.75, 3.05) is 19.6 Å². The van der Waals surface area contributed by atoms with Crippen LogP contribution in [0, 0.1) is 0 Å². The maximum absolute atomic E-state index is 13.4. The third-order valence-corrected chi connectivity index (χ3v) is 6.47. The molecule has 3 aromatic rings. The third kappa shape index (κ3) is 4.60. The van der Waals surface area contributed by atoms with Crippen molar-refractivity contribution in [1.29, 1.82) is 0 Å². The second-order valence-electron chi connectivity index (χ2n) is 8.59. The van der Waals surface area contributed by atoms with Gasteiger partial charge in [0.2, 0.25) is 0 Å². The van der Waals surface area contributed by atoms with E-state index in [1.165, 1.54) is 11.1 Å². The topological polar surface area (TPSA) is 62.7 Å². The molecule has 1 fully saturated rings. The minimum atomic E-state index is -0.0287. The Balaban J connectivity index is 1.23. The number of hydrogen-bond donors (Lipinski definition) is 0. The van der Waals surface area contributed by atoms with Crippen LogP contribution in [0.5, 0.6) is 5.75 Å². The number of pyridine rings is 1. The first-order valence-corrected chi connectivity index (χ1v) is 11.5. The van der Waals surface area contributed by atoms with Gasteiger partial charge in [-0.05, 0) is 41.8 Å². The fourth-order valence-electron chi connectivity index (χ4n) is 4.61. The predicted molar refractivity (Wildman–Crippen MR) is 125 cm³/mol. The van der Waals surface area contributed by atoms with Crippen LogP contribution in [-0.4, -0.2) is 52.3 Å². The molecule has 0 bridgehead atoms. The first kappa shape index (κ1) is 21.2. The van der Waals surface area contributed by atoms with E-state index in [1.54, 1.807) is 24.5 Å². The molecule has 168 valence electrons. The van der Waals surface area contributed by atoms with Crippen molar-refractivity contribution in [2.24, 2.45) is 0 Å². The quantitative estimate of drug-likeness (QED) is 0.615. The van der Waals surface area contributed by atoms with Crippen LogP contribution < -0.4 is 4.74 Å². The highest BCUT2D eigenvalue weighted by molar-refractivity contribution is 5.97. The lowest BCUT2D eigenvalue weighted by Crippen LogP contribution is -2.42. The fourth-order valence-corrected chi connectivity index (χ4v) is 4.61. The molecule has 2 aliphatic rings. The number of likely N-dealkylation sites (tertiary alicyclic amines) is 1. The molecule has 6 heteroatoms. The molecule has 2 aromatic carbocycles. The highest BCUT2D eigenvalue weighted by atomic mass is 16.5. The lowest BCUT2D eigenvalue weighted by Gasteiger charge is -2.33. The van der Waals surface area contributed by atoms with Crippen molar-refractivity contribution in [3.05, 3.63) is 95.3 Å². The van der Waals surface area contributed by atoms with Gasteiger partial charge in [-0.3, -0.25) is 14.6 Å². The predicted octanol–water partition coefficient (Wildman–Crippen LogP) is 3.96. The van der Waals surface area contributed by atoms with Crippen LogP contribution in [-0.2, 0) is 13.0 Å². The van der Waals surface area contributed by atoms with Crippen LogP contribution in [0.2, 0.25) is 0 Å². The number of para-hydroxylation sites is 1. The van der Waals surface area contributed by atoms with Crippen molar-refractivity contribution < 1.29 is 14.3 Å². The van der Waals surface area contributed by atoms with E-state index in [1.807, 2.05) is 40.1 Å². The highest BCUT2D eigenvalue weighted by Crippen LogP contribution is 2.27. The number of fused-ring (bicyclic) bond motifs is 1. The number of piperidine rings is 1. The molecule has 5 rings (SSSR count). The largest absolute Gasteiger partial charge is 0.489 e. The molecule has 1 aromatic heterocycles. The molecule has 0 N–H and O–H groups in total. The van der Waals surface area contributed by atoms with Gasteiger partial charge in [0.1, 0.15) is 11.9 Å². The number of benzene rings is 2. The van der Waals surface area contributed by atoms with E-state index in [4.69, 9.17) is 4.74 Å². The van der Waals surface area contributed by atoms with E-state index in [9.17, 15) is 9.59 Å². The third-order valence-electron chi connectivity index (χ3n) is 6.47. The lowest BCUT2D eigenvalue weighted by molar-refractivity contribution is 0.0589. The standard InChI is InChI=1S/C27H27N3O3/c31-26(21-8-5-14-28-18-21)29-16-12-23(13-17-29)33-25-10-4-3-9-24(25)27(32)30-15-11-20-6-1-2-7-22(20)19-30/h1-10,14,18,23H,11-13,15-17,19H2. The lowest BCUT2D eigenvalue weighted by atomic mass is 9.99. The van der Waals surface area contributed by atoms with Crippen LogP contribution in [0.15, 0.2) is 73.1 Å². The molecule has 0 aliphatic carbocycles. The number of rotatable bonds is 4. The van der Waals surface area contributed by atoms with Gasteiger partial charge in [0, 0.05) is 51.4 Å². The van der Waals surface area contributed by atoms with Gasteiger partial charge >= 0.3 is 0 Å². The molecular formula is C27H27N3O3. The average molecular weight is 442 g/mol. The number of carbonyl (C=O) groups excluding carboxylic acids is 2. The van der Waals surface area contributed by atoms with E-state index in [0.717, 1.165) is 19.3 Å². The molecule has 3 heterocycles. The molecule has 0 unspecified atom stereocenters. The number of hydrogen-bond acceptors (Lipinski definition) is 4. The van der Waals surface area contributed by atoms with Gasteiger partial charge in [0.05, 0.1) is 11.1 Å². The summed E-state index contributed by atoms with van der Waals surface area (Å²) in [4.78, 5) is 33.8. The summed E-state index contributed by atoms with van der Waals surface area (Å²) in [5.74, 6) is 0.630. The Morgan fingerprint density at radius 3 is 2.36 bits per heavy atom. The summed E-state index contributed by atoms with van der Waals surface area (Å²) in [5, 5.41) is 0. The van der Waals surface area contributed by atoms with Gasteiger partial charge in [0.15, 0.2) is 0 Å². The minimum Gasteiger partial charge on any atom is -0.489 e. The van der Waals surface area contributed by atoms with E-state index in [0.29, 0.717) is 43.1 Å². The van der Waals surface area contributed by atoms with Crippen LogP contribution in [0.1, 0.15) is 44.7 Å². The average Bonchev–Trinajstić information content (AvgIpc) is 2.89. The van der Waals surface area contributed by atoms with E-state index in [2.05, 4.69) is 23.2 Å². The molecule has 2 amide bonds. The van der Waals surface area contributed by atoms with Gasteiger partial charge < -0.3 is 14.5 Å². The van der Waals surface area contributed by atoms with E-state index >= 15 is 0 Å². The molecule has 33 heavy (non-hydrogen) atoms. The molecule has 0 spiro atoms. The fraction of sp³-hybridized carbons (Fsp3) is 0.296. The summed E-state index contributed by atoms with van der Waals surface area (Å²) >= 11 is 0. The normalized spacial score (nSPS) is 16.2. The van der Waals surface area contributed by atoms with Crippen LogP contribution in [0.3, 0.4) is 0 Å². The zero-order chi connectivity index (χ0) is 22.6. The Bertz CT molecular complexity index is 1140. The van der Waals surface area contributed by atoms with Crippen LogP contribution in [0.4, 0.5) is 0 Å². The highest BCUT2D eigenvalue weighted by Gasteiger charge is 2.28. The summed E-state index contributed by atoms with van der Waals surface area (Å²) < 4.78 is 6.30. The summed E-state index contributed by atoms with van der Waals surface area (Å²) in [5.41, 5.74) is 3.74. The monoisotopic (exact) mass is 441 g/mol. The Kier molecular flexibility index (Phi) is 6.07. The molecule has 0 atom stereocenters. The first-order chi connectivity index (χ1) is 16.2. The van der Waals surface area contributed by atoms with Gasteiger partial charge in [-0.25, -0.2) is 0 Å². The maximum Gasteiger partial charge on any atom is 0.257 e. The van der Waals surface area contributed by atoms with Gasteiger partial charge in [0.25, 0.3) is 11.8 Å². The minimum absolute atomic E-state index is 0.00232. The summed E-state index contributed by atoms with van der Waals surface area (Å²) in [7, 11) is 0. The SMILES string of the molecule is O=C(c1cccnc1)N1CCC(Oc2ccccc2C(=O)N2CCc3ccccc3C2)CC1. The second kappa shape index (κ2) is 9.45. The Morgan fingerprint density at radius 1 is 0.818 bits per heavy atom. The molecule has 0 saturated carbocycles. The first-order valence-electron chi connectivity index (χ1n) is 11.5. The Labute approximate surface area is 193 Å². The van der Waals surface area contributed by atoms with Crippen LogP contribution in [0.25, 0.3) is 0 Å². The van der Waals surface area contributed by atoms with Crippen molar-refractivity contribution in [3.8, 4) is 5.75 Å². The van der Waals surface area contributed by atoms with E-state index < -0.39 is 0 Å². The molecule has 2 aliphatic heterocycles. The number of aromatic nitrogens is 1. The van der Waals surface area contributed by atoms with Crippen molar-refractivity contribution in [3.63, 3.8) is 0 Å². The van der Waals surface area contributed by atoms with Gasteiger partial charge in [-0.2, -0.15) is 0 Å². The number of nitrogens with zero attached hydrogens (tertiary/aromatic N) is 3. The summed E-state index contributed by atoms with van der Waals surface area (Å²) in [6.45, 7) is 2.58. The molecule has 1 saturated heterocycles. The maximum atomic E-state index is 13.4.